The number of halogens is 1. The summed E-state index contributed by atoms with van der Waals surface area (Å²) in [5, 5.41) is 20.3. The van der Waals surface area contributed by atoms with Crippen LogP contribution in [0.4, 0.5) is 5.69 Å². The minimum atomic E-state index is -1.69. The number of nitrogens with zero attached hydrogens (tertiary/aromatic N) is 4. The molecule has 3 aliphatic rings. The first-order chi connectivity index (χ1) is 16.0. The fourth-order valence-corrected chi connectivity index (χ4v) is 4.92. The molecule has 11 heteroatoms. The number of hydrogen-bond acceptors (Lipinski definition) is 8. The van der Waals surface area contributed by atoms with Crippen molar-refractivity contribution in [3.8, 4) is 0 Å². The molecule has 2 amide bonds. The second-order valence-corrected chi connectivity index (χ2v) is 8.79. The summed E-state index contributed by atoms with van der Waals surface area (Å²) < 4.78 is 0. The van der Waals surface area contributed by atoms with E-state index in [2.05, 4.69) is 26.5 Å². The molecule has 2 aliphatic heterocycles. The number of nitrogens with one attached hydrogen (secondary N) is 3. The van der Waals surface area contributed by atoms with Crippen molar-refractivity contribution in [3.63, 3.8) is 0 Å². The van der Waals surface area contributed by atoms with Gasteiger partial charge in [0.15, 0.2) is 5.60 Å². The molecule has 1 unspecified atom stereocenters. The highest BCUT2D eigenvalue weighted by Gasteiger charge is 2.50. The highest BCUT2D eigenvalue weighted by molar-refractivity contribution is 6.30. The molecule has 0 bridgehead atoms. The molecule has 1 saturated heterocycles. The highest BCUT2D eigenvalue weighted by atomic mass is 35.5. The van der Waals surface area contributed by atoms with Gasteiger partial charge in [0.1, 0.15) is 12.4 Å². The van der Waals surface area contributed by atoms with Gasteiger partial charge in [0.2, 0.25) is 5.91 Å². The maximum Gasteiger partial charge on any atom is 0.261 e. The third kappa shape index (κ3) is 3.90. The van der Waals surface area contributed by atoms with Gasteiger partial charge in [0.25, 0.3) is 5.91 Å². The van der Waals surface area contributed by atoms with E-state index in [0.717, 1.165) is 16.8 Å². The van der Waals surface area contributed by atoms with Gasteiger partial charge in [-0.25, -0.2) is 10.5 Å². The number of carbonyl (C=O) groups is 2. The standard InChI is InChI=1S/C22H24ClN7O3/c23-16-5-6-17(30-13-26-27-28-30)15(11-16)12-25-20(31)18-4-2-10-29(18)21(32)22(33)8-7-14-3-1-9-24-19(14)22/h1,3,5-6,9,11,13,18,27-28,33H,2,4,7-8,10,12H2,(H,25,31)/t18-,22?/m0/s1. The SMILES string of the molecule is O=C(NCc1cc(Cl)ccc1N1C=NNN1)[C@@H]1CCCN1C(=O)C1(O)CCc2cccnc21. The Labute approximate surface area is 195 Å². The second kappa shape index (κ2) is 8.62. The summed E-state index contributed by atoms with van der Waals surface area (Å²) in [5.41, 5.74) is 6.63. The predicted octanol–water partition coefficient (Wildman–Crippen LogP) is 0.949. The van der Waals surface area contributed by atoms with Crippen LogP contribution < -0.4 is 21.4 Å². The molecule has 1 fully saturated rings. The number of likely N-dealkylation sites (tertiary alicyclic amines) is 1. The van der Waals surface area contributed by atoms with Crippen LogP contribution in [0.25, 0.3) is 0 Å². The number of anilines is 1. The van der Waals surface area contributed by atoms with Gasteiger partial charge in [0.05, 0.1) is 11.4 Å². The van der Waals surface area contributed by atoms with Gasteiger partial charge >= 0.3 is 0 Å². The zero-order chi connectivity index (χ0) is 23.0. The molecule has 3 heterocycles. The number of pyridine rings is 1. The van der Waals surface area contributed by atoms with E-state index in [9.17, 15) is 14.7 Å². The Bertz CT molecular complexity index is 1130. The largest absolute Gasteiger partial charge is 0.374 e. The lowest BCUT2D eigenvalue weighted by Crippen LogP contribution is -2.52. The van der Waals surface area contributed by atoms with Crippen LogP contribution in [0.15, 0.2) is 41.6 Å². The van der Waals surface area contributed by atoms with Gasteiger partial charge in [0, 0.05) is 24.3 Å². The Morgan fingerprint density at radius 3 is 3.03 bits per heavy atom. The van der Waals surface area contributed by atoms with Crippen LogP contribution in [0.2, 0.25) is 5.02 Å². The lowest BCUT2D eigenvalue weighted by atomic mass is 9.98. The topological polar surface area (TPSA) is 122 Å². The van der Waals surface area contributed by atoms with Crippen LogP contribution in [0.5, 0.6) is 0 Å². The van der Waals surface area contributed by atoms with E-state index in [1.807, 2.05) is 12.1 Å². The summed E-state index contributed by atoms with van der Waals surface area (Å²) >= 11 is 6.17. The summed E-state index contributed by atoms with van der Waals surface area (Å²) in [4.78, 5) is 32.3. The van der Waals surface area contributed by atoms with E-state index in [1.165, 1.54) is 4.90 Å². The molecule has 1 aromatic carbocycles. The Morgan fingerprint density at radius 1 is 1.33 bits per heavy atom. The number of aromatic nitrogens is 1. The highest BCUT2D eigenvalue weighted by Crippen LogP contribution is 2.38. The number of aryl methyl sites for hydroxylation is 1. The van der Waals surface area contributed by atoms with Crippen molar-refractivity contribution in [1.82, 2.24) is 26.3 Å². The molecule has 4 N–H and O–H groups in total. The van der Waals surface area contributed by atoms with E-state index < -0.39 is 17.6 Å². The molecule has 0 spiro atoms. The Kier molecular flexibility index (Phi) is 5.65. The van der Waals surface area contributed by atoms with Gasteiger partial charge in [-0.15, -0.1) is 5.53 Å². The van der Waals surface area contributed by atoms with Gasteiger partial charge in [-0.3, -0.25) is 14.6 Å². The number of hydrogen-bond donors (Lipinski definition) is 4. The number of rotatable bonds is 5. The number of carbonyl (C=O) groups excluding carboxylic acids is 2. The molecule has 2 aromatic rings. The number of hydrazine groups is 2. The van der Waals surface area contributed by atoms with Crippen molar-refractivity contribution < 1.29 is 14.7 Å². The van der Waals surface area contributed by atoms with E-state index in [1.54, 1.807) is 35.7 Å². The van der Waals surface area contributed by atoms with Crippen LogP contribution in [-0.2, 0) is 28.2 Å². The van der Waals surface area contributed by atoms with Crippen molar-refractivity contribution in [2.75, 3.05) is 11.6 Å². The molecule has 0 radical (unpaired) electrons. The molecule has 33 heavy (non-hydrogen) atoms. The predicted molar refractivity (Wildman–Crippen MR) is 122 cm³/mol. The molecule has 5 rings (SSSR count). The first-order valence-electron chi connectivity index (χ1n) is 10.8. The Balaban J connectivity index is 1.30. The lowest BCUT2D eigenvalue weighted by Gasteiger charge is -2.31. The number of amides is 2. The summed E-state index contributed by atoms with van der Waals surface area (Å²) in [6, 6.07) is 8.37. The molecule has 10 nitrogen and oxygen atoms in total. The summed E-state index contributed by atoms with van der Waals surface area (Å²) in [6.07, 6.45) is 5.23. The third-order valence-corrected chi connectivity index (χ3v) is 6.61. The maximum absolute atomic E-state index is 13.4. The number of benzene rings is 1. The van der Waals surface area contributed by atoms with Crippen molar-refractivity contribution in [2.45, 2.75) is 43.9 Å². The van der Waals surface area contributed by atoms with Gasteiger partial charge in [-0.05, 0) is 61.1 Å². The van der Waals surface area contributed by atoms with Gasteiger partial charge < -0.3 is 15.3 Å². The quantitative estimate of drug-likeness (QED) is 0.514. The van der Waals surface area contributed by atoms with Crippen molar-refractivity contribution in [1.29, 1.82) is 0 Å². The average Bonchev–Trinajstić information content (AvgIpc) is 3.58. The Morgan fingerprint density at radius 2 is 2.21 bits per heavy atom. The van der Waals surface area contributed by atoms with Crippen LogP contribution >= 0.6 is 11.6 Å². The van der Waals surface area contributed by atoms with Crippen molar-refractivity contribution in [3.05, 3.63) is 58.4 Å². The summed E-state index contributed by atoms with van der Waals surface area (Å²) in [6.45, 7) is 0.636. The molecular weight excluding hydrogens is 446 g/mol. The minimum absolute atomic E-state index is 0.216. The molecular formula is C22H24ClN7O3. The minimum Gasteiger partial charge on any atom is -0.374 e. The second-order valence-electron chi connectivity index (χ2n) is 8.36. The monoisotopic (exact) mass is 469 g/mol. The van der Waals surface area contributed by atoms with Crippen LogP contribution in [-0.4, -0.2) is 45.7 Å². The summed E-state index contributed by atoms with van der Waals surface area (Å²) in [5.74, 6) is -0.722. The zero-order valence-corrected chi connectivity index (χ0v) is 18.5. The van der Waals surface area contributed by atoms with Gasteiger partial charge in [-0.2, -0.15) is 5.10 Å². The molecule has 1 aromatic heterocycles. The lowest BCUT2D eigenvalue weighted by molar-refractivity contribution is -0.156. The van der Waals surface area contributed by atoms with Crippen LogP contribution in [0.3, 0.4) is 0 Å². The van der Waals surface area contributed by atoms with Crippen LogP contribution in [0.1, 0.15) is 36.1 Å². The number of hydrazone groups is 1. The van der Waals surface area contributed by atoms with Crippen LogP contribution in [0, 0.1) is 0 Å². The first-order valence-corrected chi connectivity index (χ1v) is 11.2. The van der Waals surface area contributed by atoms with Gasteiger partial charge in [-0.1, -0.05) is 17.7 Å². The average molecular weight is 470 g/mol. The fraction of sp³-hybridized carbons (Fsp3) is 0.364. The van der Waals surface area contributed by atoms with Crippen molar-refractivity contribution >= 4 is 35.4 Å². The normalized spacial score (nSPS) is 23.5. The first kappa shape index (κ1) is 21.6. The zero-order valence-electron chi connectivity index (χ0n) is 17.8. The number of fused-ring (bicyclic) bond motifs is 1. The van der Waals surface area contributed by atoms with E-state index >= 15 is 0 Å². The Hall–Kier alpha value is -3.21. The molecule has 2 atom stereocenters. The fourth-order valence-electron chi connectivity index (χ4n) is 4.73. The molecule has 0 saturated carbocycles. The van der Waals surface area contributed by atoms with E-state index in [0.29, 0.717) is 36.5 Å². The van der Waals surface area contributed by atoms with E-state index in [-0.39, 0.29) is 18.9 Å². The maximum atomic E-state index is 13.4. The third-order valence-electron chi connectivity index (χ3n) is 6.37. The molecule has 172 valence electrons. The molecule has 1 aliphatic carbocycles. The smallest absolute Gasteiger partial charge is 0.261 e. The summed E-state index contributed by atoms with van der Waals surface area (Å²) in [7, 11) is 0. The number of aliphatic hydroxyl groups is 1. The van der Waals surface area contributed by atoms with Crippen molar-refractivity contribution in [2.24, 2.45) is 5.10 Å². The van der Waals surface area contributed by atoms with E-state index in [4.69, 9.17) is 11.6 Å².